The molecule has 2 aromatic heterocycles. The molecule has 0 aliphatic rings. The van der Waals surface area contributed by atoms with Gasteiger partial charge in [0.1, 0.15) is 0 Å². The molecule has 0 bridgehead atoms. The second-order valence-corrected chi connectivity index (χ2v) is 16.4. The fourth-order valence-corrected chi connectivity index (χ4v) is 11.0. The van der Waals surface area contributed by atoms with E-state index >= 15 is 0 Å². The van der Waals surface area contributed by atoms with Crippen molar-refractivity contribution in [2.24, 2.45) is 0 Å². The molecule has 2 heterocycles. The third-order valence-corrected chi connectivity index (χ3v) is 13.5. The molecular formula is C52H35N3Se. The van der Waals surface area contributed by atoms with Crippen molar-refractivity contribution in [3.05, 3.63) is 212 Å². The fraction of sp³-hybridized carbons (Fsp3) is 0. The van der Waals surface area contributed by atoms with E-state index in [4.69, 9.17) is 0 Å². The van der Waals surface area contributed by atoms with E-state index in [-0.39, 0.29) is 0 Å². The number of rotatable bonds is 7. The van der Waals surface area contributed by atoms with Crippen molar-refractivity contribution in [3.63, 3.8) is 0 Å². The molecule has 9 aromatic carbocycles. The van der Waals surface area contributed by atoms with Gasteiger partial charge in [-0.25, -0.2) is 0 Å². The van der Waals surface area contributed by atoms with Crippen LogP contribution in [-0.4, -0.2) is 19.1 Å². The number of hydrogen-bond donors (Lipinski definition) is 0. The Morgan fingerprint density at radius 1 is 0.321 bits per heavy atom. The molecule has 0 N–H and O–H groups in total. The van der Waals surface area contributed by atoms with Crippen LogP contribution >= 0.6 is 0 Å². The summed E-state index contributed by atoms with van der Waals surface area (Å²) in [6.45, 7) is 0. The molecular weight excluding hydrogens is 746 g/mol. The van der Waals surface area contributed by atoms with Gasteiger partial charge < -0.3 is 4.57 Å². The van der Waals surface area contributed by atoms with Crippen molar-refractivity contribution in [3.8, 4) is 5.69 Å². The number of aromatic nitrogens is 1. The zero-order chi connectivity index (χ0) is 37.0. The Hall–Kier alpha value is -6.84. The summed E-state index contributed by atoms with van der Waals surface area (Å²) < 4.78 is 5.34. The van der Waals surface area contributed by atoms with Gasteiger partial charge in [-0.3, -0.25) is 0 Å². The normalized spacial score (nSPS) is 11.6. The number of fused-ring (bicyclic) bond motifs is 8. The number of hydrogen-bond acceptors (Lipinski definition) is 2. The average molecular weight is 781 g/mol. The number of para-hydroxylation sites is 4. The topological polar surface area (TPSA) is 11.4 Å². The molecule has 0 aliphatic heterocycles. The Kier molecular flexibility index (Phi) is 7.84. The molecule has 0 unspecified atom stereocenters. The first-order valence-corrected chi connectivity index (χ1v) is 20.7. The molecule has 264 valence electrons. The van der Waals surface area contributed by atoms with Gasteiger partial charge in [-0.1, -0.05) is 60.7 Å². The van der Waals surface area contributed by atoms with Crippen LogP contribution in [-0.2, 0) is 0 Å². The number of benzene rings is 9. The molecule has 3 nitrogen and oxygen atoms in total. The van der Waals surface area contributed by atoms with Gasteiger partial charge in [0, 0.05) is 16.5 Å². The summed E-state index contributed by atoms with van der Waals surface area (Å²) in [5.41, 5.74) is 10.1. The first-order chi connectivity index (χ1) is 27.8. The molecule has 4 heteroatoms. The van der Waals surface area contributed by atoms with Crippen LogP contribution in [0.25, 0.3) is 57.6 Å². The Morgan fingerprint density at radius 3 is 1.55 bits per heavy atom. The fourth-order valence-electron chi connectivity index (χ4n) is 8.41. The SMILES string of the molecule is c1ccc(N(c2cccc(N(c3ccccc3)c3ccc4c5ccccc5n(-c5ccccc5)c4c3)c2)c2ccc3c(ccc4c5ccccc5[se]c34)c2)cc1. The van der Waals surface area contributed by atoms with Crippen molar-refractivity contribution in [2.75, 3.05) is 9.80 Å². The van der Waals surface area contributed by atoms with Gasteiger partial charge in [-0.15, -0.1) is 0 Å². The molecule has 0 aliphatic carbocycles. The van der Waals surface area contributed by atoms with Gasteiger partial charge in [0.05, 0.1) is 11.0 Å². The van der Waals surface area contributed by atoms with E-state index in [1.807, 2.05) is 0 Å². The summed E-state index contributed by atoms with van der Waals surface area (Å²) in [5, 5.41) is 7.87. The standard InChI is InChI=1S/C52H35N3Se/c1-4-15-37(16-5-1)53(42-28-31-44-36(33-42)27-30-48-47-24-11-13-26-51(47)56-52(44)48)40-21-14-22-41(34-40)54(38-17-6-2-7-18-38)43-29-32-46-45-23-10-12-25-49(45)55(50(46)35-43)39-19-8-3-9-20-39/h1-35H. The van der Waals surface area contributed by atoms with Gasteiger partial charge in [0.15, 0.2) is 0 Å². The molecule has 0 saturated heterocycles. The van der Waals surface area contributed by atoms with Crippen LogP contribution in [0.1, 0.15) is 0 Å². The second-order valence-electron chi connectivity index (χ2n) is 14.2. The van der Waals surface area contributed by atoms with E-state index in [9.17, 15) is 0 Å². The van der Waals surface area contributed by atoms with Crippen LogP contribution < -0.4 is 9.80 Å². The number of nitrogens with zero attached hydrogens (tertiary/aromatic N) is 3. The van der Waals surface area contributed by atoms with Crippen LogP contribution in [0.4, 0.5) is 34.1 Å². The van der Waals surface area contributed by atoms with E-state index in [2.05, 4.69) is 227 Å². The van der Waals surface area contributed by atoms with Crippen LogP contribution in [0, 0.1) is 0 Å². The molecule has 0 radical (unpaired) electrons. The van der Waals surface area contributed by atoms with Crippen LogP contribution in [0.3, 0.4) is 0 Å². The summed E-state index contributed by atoms with van der Waals surface area (Å²) in [6, 6.07) is 77.2. The minimum absolute atomic E-state index is 0.291. The zero-order valence-electron chi connectivity index (χ0n) is 30.5. The Labute approximate surface area is 331 Å². The summed E-state index contributed by atoms with van der Waals surface area (Å²) in [7, 11) is 0. The number of anilines is 6. The molecule has 0 spiro atoms. The zero-order valence-corrected chi connectivity index (χ0v) is 32.2. The Bertz CT molecular complexity index is 3200. The molecule has 0 saturated carbocycles. The summed E-state index contributed by atoms with van der Waals surface area (Å²) in [6.07, 6.45) is 0. The van der Waals surface area contributed by atoms with Crippen molar-refractivity contribution < 1.29 is 0 Å². The molecule has 11 aromatic rings. The molecule has 0 amide bonds. The molecule has 11 rings (SSSR count). The van der Waals surface area contributed by atoms with Gasteiger partial charge in [-0.2, -0.15) is 0 Å². The predicted octanol–water partition coefficient (Wildman–Crippen LogP) is 14.2. The van der Waals surface area contributed by atoms with E-state index in [0.29, 0.717) is 14.5 Å². The van der Waals surface area contributed by atoms with Crippen molar-refractivity contribution >= 4 is 100 Å². The monoisotopic (exact) mass is 781 g/mol. The Balaban J connectivity index is 1.08. The third kappa shape index (κ3) is 5.42. The summed E-state index contributed by atoms with van der Waals surface area (Å²) >= 11 is 0.291. The van der Waals surface area contributed by atoms with E-state index in [0.717, 1.165) is 39.8 Å². The molecule has 0 atom stereocenters. The molecule has 0 fully saturated rings. The van der Waals surface area contributed by atoms with Gasteiger partial charge >= 0.3 is 222 Å². The maximum absolute atomic E-state index is 2.39. The van der Waals surface area contributed by atoms with Crippen molar-refractivity contribution in [2.45, 2.75) is 0 Å². The predicted molar refractivity (Wildman–Crippen MR) is 240 cm³/mol. The first kappa shape index (κ1) is 32.6. The molecule has 56 heavy (non-hydrogen) atoms. The van der Waals surface area contributed by atoms with Crippen molar-refractivity contribution in [1.82, 2.24) is 4.57 Å². The van der Waals surface area contributed by atoms with Gasteiger partial charge in [-0.05, 0) is 18.2 Å². The quantitative estimate of drug-likeness (QED) is 0.149. The second kappa shape index (κ2) is 13.5. The van der Waals surface area contributed by atoms with Gasteiger partial charge in [0.25, 0.3) is 0 Å². The van der Waals surface area contributed by atoms with Crippen LogP contribution in [0.2, 0.25) is 0 Å². The first-order valence-electron chi connectivity index (χ1n) is 19.0. The maximum atomic E-state index is 2.39. The van der Waals surface area contributed by atoms with Crippen LogP contribution in [0.15, 0.2) is 212 Å². The van der Waals surface area contributed by atoms with Gasteiger partial charge in [0.2, 0.25) is 0 Å². The van der Waals surface area contributed by atoms with Crippen molar-refractivity contribution in [1.29, 1.82) is 0 Å². The van der Waals surface area contributed by atoms with E-state index in [1.54, 1.807) is 0 Å². The van der Waals surface area contributed by atoms with E-state index in [1.165, 1.54) is 51.9 Å². The summed E-state index contributed by atoms with van der Waals surface area (Å²) in [5.74, 6) is 0. The average Bonchev–Trinajstić information content (AvgIpc) is 3.81. The Morgan fingerprint density at radius 2 is 0.839 bits per heavy atom. The summed E-state index contributed by atoms with van der Waals surface area (Å²) in [4.78, 5) is 4.76. The van der Waals surface area contributed by atoms with Crippen LogP contribution in [0.5, 0.6) is 0 Å². The van der Waals surface area contributed by atoms with E-state index < -0.39 is 0 Å². The minimum atomic E-state index is 0.291. The third-order valence-electron chi connectivity index (χ3n) is 10.9.